The van der Waals surface area contributed by atoms with Crippen molar-refractivity contribution in [3.63, 3.8) is 0 Å². The molecule has 0 aliphatic carbocycles. The number of hydrogen-bond donors (Lipinski definition) is 1. The Morgan fingerprint density at radius 3 is 2.27 bits per heavy atom. The van der Waals surface area contributed by atoms with Gasteiger partial charge in [0.1, 0.15) is 0 Å². The van der Waals surface area contributed by atoms with E-state index in [1.165, 1.54) is 31.2 Å². The second-order valence-corrected chi connectivity index (χ2v) is 7.13. The van der Waals surface area contributed by atoms with Crippen molar-refractivity contribution in [1.29, 1.82) is 0 Å². The number of alkyl halides is 3. The van der Waals surface area contributed by atoms with Crippen LogP contribution in [0.5, 0.6) is 0 Å². The highest BCUT2D eigenvalue weighted by Crippen LogP contribution is 2.25. The van der Waals surface area contributed by atoms with Crippen LogP contribution in [0.1, 0.15) is 23.1 Å². The molecular formula is C14H15F3N4O4S. The number of halogens is 3. The van der Waals surface area contributed by atoms with Crippen LogP contribution in [0.15, 0.2) is 34.0 Å². The van der Waals surface area contributed by atoms with Crippen molar-refractivity contribution in [3.05, 3.63) is 46.1 Å². The summed E-state index contributed by atoms with van der Waals surface area (Å²) < 4.78 is 65.4. The number of rotatable bonds is 6. The van der Waals surface area contributed by atoms with Crippen LogP contribution in [0.25, 0.3) is 0 Å². The number of ketones is 1. The zero-order valence-electron chi connectivity index (χ0n) is 13.7. The smallest absolute Gasteiger partial charge is 0.295 e. The lowest BCUT2D eigenvalue weighted by Crippen LogP contribution is -2.31. The van der Waals surface area contributed by atoms with Gasteiger partial charge in [0.25, 0.3) is 0 Å². The molecule has 0 aliphatic heterocycles. The molecule has 0 atom stereocenters. The minimum Gasteiger partial charge on any atom is -0.295 e. The van der Waals surface area contributed by atoms with Gasteiger partial charge in [0.05, 0.1) is 11.4 Å². The average Bonchev–Trinajstić information content (AvgIpc) is 2.83. The summed E-state index contributed by atoms with van der Waals surface area (Å²) in [5.41, 5.74) is -0.675. The maximum atomic E-state index is 12.7. The van der Waals surface area contributed by atoms with Crippen molar-refractivity contribution >= 4 is 15.8 Å². The molecule has 26 heavy (non-hydrogen) atoms. The van der Waals surface area contributed by atoms with E-state index < -0.39 is 27.7 Å². The van der Waals surface area contributed by atoms with E-state index in [9.17, 15) is 31.2 Å². The highest BCUT2D eigenvalue weighted by Gasteiger charge is 2.37. The van der Waals surface area contributed by atoms with Crippen molar-refractivity contribution in [2.75, 3.05) is 6.54 Å². The Morgan fingerprint density at radius 2 is 1.81 bits per heavy atom. The fourth-order valence-corrected chi connectivity index (χ4v) is 3.14. The summed E-state index contributed by atoms with van der Waals surface area (Å²) in [6.45, 7) is 0.611. The van der Waals surface area contributed by atoms with Crippen LogP contribution in [0.4, 0.5) is 13.2 Å². The first-order valence-corrected chi connectivity index (χ1v) is 8.73. The first-order valence-electron chi connectivity index (χ1n) is 7.25. The molecule has 1 aromatic heterocycles. The predicted octanol–water partition coefficient (Wildman–Crippen LogP) is 0.782. The molecule has 2 rings (SSSR count). The van der Waals surface area contributed by atoms with Crippen LogP contribution < -0.4 is 10.4 Å². The van der Waals surface area contributed by atoms with Crippen LogP contribution in [0, 0.1) is 0 Å². The van der Waals surface area contributed by atoms with Crippen molar-refractivity contribution in [2.24, 2.45) is 7.05 Å². The van der Waals surface area contributed by atoms with E-state index >= 15 is 0 Å². The number of sulfonamides is 1. The summed E-state index contributed by atoms with van der Waals surface area (Å²) in [5.74, 6) is -1.60. The Labute approximate surface area is 146 Å². The molecule has 1 N–H and O–H groups in total. The number of hydrogen-bond acceptors (Lipinski definition) is 5. The van der Waals surface area contributed by atoms with E-state index in [-0.39, 0.29) is 23.8 Å². The first-order chi connectivity index (χ1) is 11.9. The maximum absolute atomic E-state index is 12.7. The largest absolute Gasteiger partial charge is 0.451 e. The lowest BCUT2D eigenvalue weighted by atomic mass is 10.2. The Bertz CT molecular complexity index is 975. The van der Waals surface area contributed by atoms with Gasteiger partial charge in [-0.25, -0.2) is 22.6 Å². The van der Waals surface area contributed by atoms with Gasteiger partial charge in [-0.2, -0.15) is 13.2 Å². The van der Waals surface area contributed by atoms with Crippen molar-refractivity contribution in [3.8, 4) is 0 Å². The number of carbonyl (C=O) groups excluding carboxylic acids is 1. The lowest BCUT2D eigenvalue weighted by molar-refractivity contribution is -0.147. The molecule has 0 saturated heterocycles. The summed E-state index contributed by atoms with van der Waals surface area (Å²) in [6, 6.07) is 5.15. The quantitative estimate of drug-likeness (QED) is 0.732. The minimum absolute atomic E-state index is 0.119. The average molecular weight is 392 g/mol. The molecule has 1 heterocycles. The topological polar surface area (TPSA) is 103 Å². The fourth-order valence-electron chi connectivity index (χ4n) is 2.12. The van der Waals surface area contributed by atoms with E-state index in [0.717, 1.165) is 7.05 Å². The van der Waals surface area contributed by atoms with Crippen molar-refractivity contribution < 1.29 is 26.4 Å². The van der Waals surface area contributed by atoms with Crippen LogP contribution in [-0.2, 0) is 29.8 Å². The molecule has 8 nitrogen and oxygen atoms in total. The minimum atomic E-state index is -4.79. The summed E-state index contributed by atoms with van der Waals surface area (Å²) in [6.07, 6.45) is -4.79. The molecular weight excluding hydrogens is 377 g/mol. The van der Waals surface area contributed by atoms with Gasteiger partial charge < -0.3 is 0 Å². The summed E-state index contributed by atoms with van der Waals surface area (Å²) in [4.78, 5) is 22.8. The highest BCUT2D eigenvalue weighted by atomic mass is 32.2. The van der Waals surface area contributed by atoms with Crippen LogP contribution >= 0.6 is 0 Å². The number of carbonyl (C=O) groups is 1. The molecule has 0 aliphatic rings. The zero-order chi connectivity index (χ0) is 19.7. The van der Waals surface area contributed by atoms with Gasteiger partial charge in [-0.05, 0) is 19.1 Å². The molecule has 0 radical (unpaired) electrons. The van der Waals surface area contributed by atoms with Gasteiger partial charge in [0, 0.05) is 19.2 Å². The van der Waals surface area contributed by atoms with Gasteiger partial charge in [-0.1, -0.05) is 12.1 Å². The summed E-state index contributed by atoms with van der Waals surface area (Å²) in [5, 5.41) is 3.17. The second kappa shape index (κ2) is 7.03. The second-order valence-electron chi connectivity index (χ2n) is 5.36. The van der Waals surface area contributed by atoms with E-state index in [4.69, 9.17) is 0 Å². The summed E-state index contributed by atoms with van der Waals surface area (Å²) >= 11 is 0. The number of Topliss-reactive ketones (excluding diaryl/α,β-unsaturated/α-hetero) is 1. The highest BCUT2D eigenvalue weighted by molar-refractivity contribution is 7.89. The number of benzene rings is 1. The predicted molar refractivity (Wildman–Crippen MR) is 84.1 cm³/mol. The molecule has 0 unspecified atom stereocenters. The van der Waals surface area contributed by atoms with E-state index in [2.05, 4.69) is 9.82 Å². The fraction of sp³-hybridized carbons (Fsp3) is 0.357. The molecule has 0 spiro atoms. The molecule has 12 heteroatoms. The summed E-state index contributed by atoms with van der Waals surface area (Å²) in [7, 11) is -3.02. The molecule has 0 saturated carbocycles. The molecule has 142 valence electrons. The van der Waals surface area contributed by atoms with Gasteiger partial charge in [-0.15, -0.1) is 5.10 Å². The maximum Gasteiger partial charge on any atom is 0.451 e. The Kier molecular flexibility index (Phi) is 5.37. The first kappa shape index (κ1) is 19.8. The number of nitrogens with one attached hydrogen (secondary N) is 1. The number of nitrogens with zero attached hydrogens (tertiary/aromatic N) is 3. The van der Waals surface area contributed by atoms with Gasteiger partial charge in [0.2, 0.25) is 15.8 Å². The van der Waals surface area contributed by atoms with Crippen molar-refractivity contribution in [2.45, 2.75) is 24.5 Å². The van der Waals surface area contributed by atoms with E-state index in [0.29, 0.717) is 14.8 Å². The molecule has 0 fully saturated rings. The zero-order valence-corrected chi connectivity index (χ0v) is 14.6. The van der Waals surface area contributed by atoms with Crippen molar-refractivity contribution in [1.82, 2.24) is 19.1 Å². The third kappa shape index (κ3) is 4.19. The van der Waals surface area contributed by atoms with E-state index in [1.54, 1.807) is 0 Å². The van der Waals surface area contributed by atoms with Crippen LogP contribution in [0.2, 0.25) is 0 Å². The molecule has 2 aromatic rings. The van der Waals surface area contributed by atoms with Crippen LogP contribution in [-0.4, -0.2) is 35.1 Å². The standard InChI is InChI=1S/C14H15F3N4O4S/c1-9(22)10-3-5-11(6-4-10)26(24,25)18-7-8-21-13(23)20(2)12(19-21)14(15,16)17/h3-6,18H,7-8H2,1-2H3. The normalized spacial score (nSPS) is 12.3. The SMILES string of the molecule is CC(=O)c1ccc(S(=O)(=O)NCCn2nc(C(F)(F)F)n(C)c2=O)cc1. The van der Waals surface area contributed by atoms with Crippen LogP contribution in [0.3, 0.4) is 0 Å². The monoisotopic (exact) mass is 392 g/mol. The third-order valence-electron chi connectivity index (χ3n) is 3.48. The molecule has 1 aromatic carbocycles. The molecule has 0 amide bonds. The Balaban J connectivity index is 2.09. The Hall–Kier alpha value is -2.47. The van der Waals surface area contributed by atoms with Gasteiger partial charge >= 0.3 is 11.9 Å². The van der Waals surface area contributed by atoms with Gasteiger partial charge in [-0.3, -0.25) is 9.36 Å². The molecule has 0 bridgehead atoms. The Morgan fingerprint density at radius 1 is 1.23 bits per heavy atom. The third-order valence-corrected chi connectivity index (χ3v) is 4.96. The van der Waals surface area contributed by atoms with Gasteiger partial charge in [0.15, 0.2) is 5.78 Å². The lowest BCUT2D eigenvalue weighted by Gasteiger charge is -2.07. The number of aromatic nitrogens is 3. The van der Waals surface area contributed by atoms with E-state index in [1.807, 2.05) is 0 Å².